The summed E-state index contributed by atoms with van der Waals surface area (Å²) in [5.41, 5.74) is 1.56. The van der Waals surface area contributed by atoms with Crippen LogP contribution in [-0.2, 0) is 19.4 Å². The Labute approximate surface area is 116 Å². The molecule has 0 aromatic carbocycles. The highest BCUT2D eigenvalue weighted by Gasteiger charge is 2.25. The number of hydrogen-bond donors (Lipinski definition) is 0. The average Bonchev–Trinajstić information content (AvgIpc) is 2.73. The Morgan fingerprint density at radius 3 is 2.44 bits per heavy atom. The molecule has 0 radical (unpaired) electrons. The van der Waals surface area contributed by atoms with E-state index in [2.05, 4.69) is 28.0 Å². The quantitative estimate of drug-likeness (QED) is 0.440. The minimum atomic E-state index is -0.295. The fourth-order valence-corrected chi connectivity index (χ4v) is 2.69. The molecule has 0 bridgehead atoms. The molecule has 1 rings (SSSR count). The third-order valence-corrected chi connectivity index (χ3v) is 4.09. The highest BCUT2D eigenvalue weighted by Crippen LogP contribution is 2.26. The Balaban J connectivity index is 3.15. The van der Waals surface area contributed by atoms with Crippen LogP contribution >= 0.6 is 15.9 Å². The topological polar surface area (TPSA) is 61.0 Å². The van der Waals surface area contributed by atoms with Gasteiger partial charge in [0.15, 0.2) is 0 Å². The standard InChI is InChI=1S/C12H20BrN3O2/c1-4-9(7-13)8-15-11(6-3)12(16(17)18)10(5-2)14-15/h9H,4-8H2,1-3H3. The lowest BCUT2D eigenvalue weighted by molar-refractivity contribution is -0.386. The molecule has 0 saturated carbocycles. The zero-order valence-corrected chi connectivity index (χ0v) is 12.7. The van der Waals surface area contributed by atoms with Crippen molar-refractivity contribution in [2.45, 2.75) is 46.6 Å². The summed E-state index contributed by atoms with van der Waals surface area (Å²) in [6.45, 7) is 6.71. The molecule has 0 aliphatic heterocycles. The van der Waals surface area contributed by atoms with Crippen LogP contribution in [0.2, 0.25) is 0 Å². The highest BCUT2D eigenvalue weighted by molar-refractivity contribution is 9.09. The van der Waals surface area contributed by atoms with Gasteiger partial charge >= 0.3 is 5.69 Å². The smallest absolute Gasteiger partial charge is 0.262 e. The molecule has 1 aromatic heterocycles. The van der Waals surface area contributed by atoms with E-state index < -0.39 is 0 Å². The predicted octanol–water partition coefficient (Wildman–Crippen LogP) is 3.34. The summed E-state index contributed by atoms with van der Waals surface area (Å²) in [4.78, 5) is 10.8. The number of nitro groups is 1. The first-order valence-electron chi connectivity index (χ1n) is 6.37. The number of nitrogens with zero attached hydrogens (tertiary/aromatic N) is 3. The average molecular weight is 318 g/mol. The zero-order chi connectivity index (χ0) is 13.7. The van der Waals surface area contributed by atoms with Crippen molar-refractivity contribution in [3.63, 3.8) is 0 Å². The van der Waals surface area contributed by atoms with E-state index >= 15 is 0 Å². The predicted molar refractivity (Wildman–Crippen MR) is 75.2 cm³/mol. The molecule has 0 N–H and O–H groups in total. The molecule has 0 amide bonds. The molecule has 1 heterocycles. The van der Waals surface area contributed by atoms with E-state index in [-0.39, 0.29) is 10.6 Å². The van der Waals surface area contributed by atoms with Gasteiger partial charge in [0.2, 0.25) is 0 Å². The van der Waals surface area contributed by atoms with Crippen LogP contribution in [0.4, 0.5) is 5.69 Å². The lowest BCUT2D eigenvalue weighted by atomic mass is 10.1. The maximum Gasteiger partial charge on any atom is 0.313 e. The van der Waals surface area contributed by atoms with Crippen LogP contribution in [0.25, 0.3) is 0 Å². The van der Waals surface area contributed by atoms with Gasteiger partial charge in [-0.25, -0.2) is 0 Å². The van der Waals surface area contributed by atoms with Gasteiger partial charge in [-0.15, -0.1) is 0 Å². The van der Waals surface area contributed by atoms with Crippen molar-refractivity contribution in [2.24, 2.45) is 5.92 Å². The van der Waals surface area contributed by atoms with E-state index in [9.17, 15) is 10.1 Å². The Morgan fingerprint density at radius 1 is 1.39 bits per heavy atom. The van der Waals surface area contributed by atoms with Gasteiger partial charge in [0, 0.05) is 11.9 Å². The SMILES string of the molecule is CCc1nn(CC(CC)CBr)c(CC)c1[N+](=O)[O-]. The third-order valence-electron chi connectivity index (χ3n) is 3.18. The van der Waals surface area contributed by atoms with Crippen LogP contribution in [0.5, 0.6) is 0 Å². The van der Waals surface area contributed by atoms with Gasteiger partial charge in [-0.05, 0) is 18.8 Å². The molecule has 0 fully saturated rings. The minimum Gasteiger partial charge on any atom is -0.262 e. The Morgan fingerprint density at radius 2 is 2.06 bits per heavy atom. The summed E-state index contributed by atoms with van der Waals surface area (Å²) >= 11 is 3.48. The largest absolute Gasteiger partial charge is 0.313 e. The second-order valence-corrected chi connectivity index (χ2v) is 4.96. The van der Waals surface area contributed by atoms with Crippen molar-refractivity contribution in [3.8, 4) is 0 Å². The van der Waals surface area contributed by atoms with Crippen LogP contribution < -0.4 is 0 Å². The van der Waals surface area contributed by atoms with Crippen molar-refractivity contribution < 1.29 is 4.92 Å². The summed E-state index contributed by atoms with van der Waals surface area (Å²) in [6.07, 6.45) is 2.27. The van der Waals surface area contributed by atoms with E-state index in [0.717, 1.165) is 24.0 Å². The van der Waals surface area contributed by atoms with Gasteiger partial charge in [0.05, 0.1) is 4.92 Å². The van der Waals surface area contributed by atoms with Crippen LogP contribution in [0.3, 0.4) is 0 Å². The van der Waals surface area contributed by atoms with Crippen LogP contribution in [0.1, 0.15) is 38.6 Å². The lowest BCUT2D eigenvalue weighted by Crippen LogP contribution is -2.15. The number of halogens is 1. The van der Waals surface area contributed by atoms with E-state index in [1.165, 1.54) is 0 Å². The lowest BCUT2D eigenvalue weighted by Gasteiger charge is -2.12. The van der Waals surface area contributed by atoms with Gasteiger partial charge in [-0.1, -0.05) is 43.1 Å². The maximum atomic E-state index is 11.1. The maximum absolute atomic E-state index is 11.1. The van der Waals surface area contributed by atoms with Crippen LogP contribution in [0, 0.1) is 16.0 Å². The molecule has 0 saturated heterocycles. The van der Waals surface area contributed by atoms with E-state index in [4.69, 9.17) is 0 Å². The normalized spacial score (nSPS) is 12.7. The van der Waals surface area contributed by atoms with Crippen molar-refractivity contribution in [3.05, 3.63) is 21.5 Å². The summed E-state index contributed by atoms with van der Waals surface area (Å²) < 4.78 is 1.83. The number of alkyl halides is 1. The minimum absolute atomic E-state index is 0.212. The van der Waals surface area contributed by atoms with Crippen molar-refractivity contribution >= 4 is 21.6 Å². The van der Waals surface area contributed by atoms with Gasteiger partial charge < -0.3 is 0 Å². The number of aromatic nitrogens is 2. The third kappa shape index (κ3) is 3.10. The second-order valence-electron chi connectivity index (χ2n) is 4.32. The Kier molecular flexibility index (Phi) is 5.78. The Bertz CT molecular complexity index is 414. The molecule has 0 aliphatic carbocycles. The molecule has 18 heavy (non-hydrogen) atoms. The number of aryl methyl sites for hydroxylation is 1. The first-order chi connectivity index (χ1) is 8.58. The molecule has 0 spiro atoms. The van der Waals surface area contributed by atoms with Gasteiger partial charge in [0.1, 0.15) is 11.4 Å². The van der Waals surface area contributed by atoms with E-state index in [1.54, 1.807) is 0 Å². The number of rotatable bonds is 7. The molecular weight excluding hydrogens is 298 g/mol. The van der Waals surface area contributed by atoms with E-state index in [0.29, 0.717) is 24.5 Å². The van der Waals surface area contributed by atoms with Gasteiger partial charge in [0.25, 0.3) is 0 Å². The summed E-state index contributed by atoms with van der Waals surface area (Å²) in [6, 6.07) is 0. The van der Waals surface area contributed by atoms with Gasteiger partial charge in [-0.2, -0.15) is 5.10 Å². The molecular formula is C12H20BrN3O2. The summed E-state index contributed by atoms with van der Waals surface area (Å²) in [5.74, 6) is 0.458. The monoisotopic (exact) mass is 317 g/mol. The van der Waals surface area contributed by atoms with Crippen LogP contribution in [-0.4, -0.2) is 20.0 Å². The molecule has 1 unspecified atom stereocenters. The molecule has 1 aromatic rings. The molecule has 102 valence electrons. The molecule has 0 aliphatic rings. The fourth-order valence-electron chi connectivity index (χ4n) is 2.02. The molecule has 1 atom stereocenters. The van der Waals surface area contributed by atoms with Crippen molar-refractivity contribution in [1.82, 2.24) is 9.78 Å². The van der Waals surface area contributed by atoms with Crippen LogP contribution in [0.15, 0.2) is 0 Å². The molecule has 5 nitrogen and oxygen atoms in total. The fraction of sp³-hybridized carbons (Fsp3) is 0.750. The van der Waals surface area contributed by atoms with Gasteiger partial charge in [-0.3, -0.25) is 14.8 Å². The second kappa shape index (κ2) is 6.87. The zero-order valence-electron chi connectivity index (χ0n) is 11.1. The Hall–Kier alpha value is -0.910. The molecule has 6 heteroatoms. The highest BCUT2D eigenvalue weighted by atomic mass is 79.9. The van der Waals surface area contributed by atoms with Crippen molar-refractivity contribution in [1.29, 1.82) is 0 Å². The number of hydrogen-bond acceptors (Lipinski definition) is 3. The summed E-state index contributed by atoms with van der Waals surface area (Å²) in [7, 11) is 0. The first-order valence-corrected chi connectivity index (χ1v) is 7.49. The van der Waals surface area contributed by atoms with E-state index in [1.807, 2.05) is 18.5 Å². The van der Waals surface area contributed by atoms with Crippen molar-refractivity contribution in [2.75, 3.05) is 5.33 Å². The first kappa shape index (κ1) is 15.1. The summed E-state index contributed by atoms with van der Waals surface area (Å²) in [5, 5.41) is 16.4.